The highest BCUT2D eigenvalue weighted by atomic mass is 19.4. The highest BCUT2D eigenvalue weighted by Crippen LogP contribution is 2.46. The van der Waals surface area contributed by atoms with Crippen molar-refractivity contribution in [1.29, 1.82) is 0 Å². The van der Waals surface area contributed by atoms with Crippen LogP contribution >= 0.6 is 0 Å². The molecule has 0 fully saturated rings. The second kappa shape index (κ2) is 4.32. The summed E-state index contributed by atoms with van der Waals surface area (Å²) in [6, 6.07) is 0. The molecular formula is C10H16F3N. The van der Waals surface area contributed by atoms with Crippen molar-refractivity contribution in [2.75, 3.05) is 6.54 Å². The van der Waals surface area contributed by atoms with Crippen LogP contribution in [0.25, 0.3) is 0 Å². The maximum absolute atomic E-state index is 12.8. The van der Waals surface area contributed by atoms with Gasteiger partial charge in [0.2, 0.25) is 0 Å². The molecule has 0 aromatic rings. The van der Waals surface area contributed by atoms with Crippen LogP contribution in [0.4, 0.5) is 13.2 Å². The van der Waals surface area contributed by atoms with Crippen LogP contribution in [0, 0.1) is 5.41 Å². The fraction of sp³-hybridized carbons (Fsp3) is 0.900. The summed E-state index contributed by atoms with van der Waals surface area (Å²) in [6.45, 7) is 1.92. The van der Waals surface area contributed by atoms with Gasteiger partial charge in [0.1, 0.15) is 0 Å². The number of hydrogen-bond donors (Lipinski definition) is 0. The Balaban J connectivity index is 2.55. The van der Waals surface area contributed by atoms with Crippen molar-refractivity contribution in [3.05, 3.63) is 0 Å². The zero-order valence-electron chi connectivity index (χ0n) is 8.40. The SMILES string of the molecule is CCCCCC1(C(F)(F)F)CC=NC1. The molecule has 0 amide bonds. The highest BCUT2D eigenvalue weighted by molar-refractivity contribution is 5.61. The Morgan fingerprint density at radius 3 is 2.50 bits per heavy atom. The molecule has 0 aromatic carbocycles. The van der Waals surface area contributed by atoms with Gasteiger partial charge in [0, 0.05) is 0 Å². The van der Waals surface area contributed by atoms with Crippen molar-refractivity contribution in [2.45, 2.75) is 45.2 Å². The van der Waals surface area contributed by atoms with E-state index in [9.17, 15) is 13.2 Å². The number of aliphatic imine (C=N–C) groups is 1. The van der Waals surface area contributed by atoms with E-state index in [1.54, 1.807) is 0 Å². The van der Waals surface area contributed by atoms with Gasteiger partial charge < -0.3 is 0 Å². The molecule has 0 bridgehead atoms. The minimum atomic E-state index is -4.10. The molecule has 1 heterocycles. The van der Waals surface area contributed by atoms with Gasteiger partial charge in [0.25, 0.3) is 0 Å². The molecule has 1 aliphatic heterocycles. The second-order valence-corrected chi connectivity index (χ2v) is 3.96. The fourth-order valence-electron chi connectivity index (χ4n) is 1.78. The lowest BCUT2D eigenvalue weighted by atomic mass is 9.80. The monoisotopic (exact) mass is 207 g/mol. The molecule has 0 N–H and O–H groups in total. The molecule has 14 heavy (non-hydrogen) atoms. The summed E-state index contributed by atoms with van der Waals surface area (Å²) in [5.41, 5.74) is -1.54. The van der Waals surface area contributed by atoms with Gasteiger partial charge in [-0.15, -0.1) is 0 Å². The summed E-state index contributed by atoms with van der Waals surface area (Å²) in [5.74, 6) is 0. The van der Waals surface area contributed by atoms with Gasteiger partial charge in [-0.1, -0.05) is 26.2 Å². The van der Waals surface area contributed by atoms with Gasteiger partial charge in [-0.2, -0.15) is 13.2 Å². The van der Waals surface area contributed by atoms with E-state index in [-0.39, 0.29) is 19.4 Å². The first kappa shape index (κ1) is 11.5. The van der Waals surface area contributed by atoms with E-state index in [2.05, 4.69) is 4.99 Å². The average molecular weight is 207 g/mol. The molecule has 1 atom stereocenters. The van der Waals surface area contributed by atoms with Crippen LogP contribution in [0.3, 0.4) is 0 Å². The Hall–Kier alpha value is -0.540. The largest absolute Gasteiger partial charge is 0.396 e. The van der Waals surface area contributed by atoms with Crippen LogP contribution in [0.15, 0.2) is 4.99 Å². The Morgan fingerprint density at radius 2 is 2.07 bits per heavy atom. The highest BCUT2D eigenvalue weighted by Gasteiger charge is 2.54. The van der Waals surface area contributed by atoms with E-state index >= 15 is 0 Å². The predicted octanol–water partition coefficient (Wildman–Crippen LogP) is 3.59. The van der Waals surface area contributed by atoms with Gasteiger partial charge >= 0.3 is 6.18 Å². The Bertz CT molecular complexity index is 200. The molecular weight excluding hydrogens is 191 g/mol. The van der Waals surface area contributed by atoms with Gasteiger partial charge in [0.15, 0.2) is 0 Å². The number of hydrogen-bond acceptors (Lipinski definition) is 1. The third-order valence-electron chi connectivity index (χ3n) is 2.87. The zero-order chi connectivity index (χ0) is 10.7. The summed E-state index contributed by atoms with van der Waals surface area (Å²) >= 11 is 0. The lowest BCUT2D eigenvalue weighted by Gasteiger charge is -2.30. The van der Waals surface area contributed by atoms with Crippen LogP contribution in [0.1, 0.15) is 39.0 Å². The summed E-state index contributed by atoms with van der Waals surface area (Å²) in [7, 11) is 0. The van der Waals surface area contributed by atoms with Crippen LogP contribution in [0.5, 0.6) is 0 Å². The second-order valence-electron chi connectivity index (χ2n) is 3.96. The average Bonchev–Trinajstić information content (AvgIpc) is 2.53. The number of nitrogens with zero attached hydrogens (tertiary/aromatic N) is 1. The lowest BCUT2D eigenvalue weighted by Crippen LogP contribution is -2.38. The molecule has 1 aliphatic rings. The van der Waals surface area contributed by atoms with Crippen molar-refractivity contribution < 1.29 is 13.2 Å². The van der Waals surface area contributed by atoms with Crippen LogP contribution in [-0.4, -0.2) is 18.9 Å². The first-order valence-corrected chi connectivity index (χ1v) is 5.07. The van der Waals surface area contributed by atoms with Crippen molar-refractivity contribution in [1.82, 2.24) is 0 Å². The van der Waals surface area contributed by atoms with Crippen LogP contribution in [-0.2, 0) is 0 Å². The van der Waals surface area contributed by atoms with Gasteiger partial charge in [-0.25, -0.2) is 0 Å². The standard InChI is InChI=1S/C10H16F3N/c1-2-3-4-5-9(10(11,12)13)6-7-14-8-9/h7H,2-6,8H2,1H3. The Morgan fingerprint density at radius 1 is 1.36 bits per heavy atom. The minimum absolute atomic E-state index is 0.0692. The molecule has 82 valence electrons. The van der Waals surface area contributed by atoms with Gasteiger partial charge in [0.05, 0.1) is 12.0 Å². The molecule has 0 aromatic heterocycles. The quantitative estimate of drug-likeness (QED) is 0.625. The van der Waals surface area contributed by atoms with E-state index in [0.29, 0.717) is 6.42 Å². The summed E-state index contributed by atoms with van der Waals surface area (Å²) in [4.78, 5) is 3.74. The number of unbranched alkanes of at least 4 members (excludes halogenated alkanes) is 2. The Labute approximate surface area is 82.4 Å². The van der Waals surface area contributed by atoms with E-state index in [0.717, 1.165) is 12.8 Å². The number of alkyl halides is 3. The number of halogens is 3. The predicted molar refractivity (Wildman–Crippen MR) is 50.6 cm³/mol. The molecule has 0 saturated heterocycles. The maximum atomic E-state index is 12.8. The summed E-state index contributed by atoms with van der Waals surface area (Å²) in [6.07, 6.45) is 0.0905. The molecule has 1 nitrogen and oxygen atoms in total. The molecule has 0 aliphatic carbocycles. The molecule has 1 unspecified atom stereocenters. The van der Waals surface area contributed by atoms with Crippen LogP contribution in [0.2, 0.25) is 0 Å². The van der Waals surface area contributed by atoms with Crippen molar-refractivity contribution in [3.8, 4) is 0 Å². The van der Waals surface area contributed by atoms with E-state index < -0.39 is 11.6 Å². The van der Waals surface area contributed by atoms with E-state index in [1.807, 2.05) is 6.92 Å². The van der Waals surface area contributed by atoms with Crippen molar-refractivity contribution in [3.63, 3.8) is 0 Å². The van der Waals surface area contributed by atoms with Gasteiger partial charge in [-0.3, -0.25) is 4.99 Å². The molecule has 4 heteroatoms. The van der Waals surface area contributed by atoms with E-state index in [1.165, 1.54) is 6.21 Å². The van der Waals surface area contributed by atoms with Crippen LogP contribution < -0.4 is 0 Å². The van der Waals surface area contributed by atoms with E-state index in [4.69, 9.17) is 0 Å². The molecule has 0 radical (unpaired) electrons. The summed E-state index contributed by atoms with van der Waals surface area (Å²) in [5, 5.41) is 0. The third-order valence-corrected chi connectivity index (χ3v) is 2.87. The van der Waals surface area contributed by atoms with Gasteiger partial charge in [-0.05, 0) is 19.1 Å². The number of rotatable bonds is 4. The first-order chi connectivity index (χ1) is 6.52. The first-order valence-electron chi connectivity index (χ1n) is 5.07. The van der Waals surface area contributed by atoms with Crippen molar-refractivity contribution >= 4 is 6.21 Å². The summed E-state index contributed by atoms with van der Waals surface area (Å²) < 4.78 is 38.3. The zero-order valence-corrected chi connectivity index (χ0v) is 8.40. The third kappa shape index (κ3) is 2.28. The molecule has 1 rings (SSSR count). The normalized spacial score (nSPS) is 27.1. The lowest BCUT2D eigenvalue weighted by molar-refractivity contribution is -0.218. The molecule has 0 saturated carbocycles. The van der Waals surface area contributed by atoms with Crippen molar-refractivity contribution in [2.24, 2.45) is 10.4 Å². The Kier molecular flexibility index (Phi) is 3.56. The molecule has 0 spiro atoms. The topological polar surface area (TPSA) is 12.4 Å². The maximum Gasteiger partial charge on any atom is 0.396 e. The smallest absolute Gasteiger partial charge is 0.297 e. The fourth-order valence-corrected chi connectivity index (χ4v) is 1.78. The minimum Gasteiger partial charge on any atom is -0.297 e.